The number of anilines is 1. The number of piperidine rings is 1. The number of nitrogens with one attached hydrogen (secondary N) is 2. The zero-order chi connectivity index (χ0) is 18.2. The fourth-order valence-corrected chi connectivity index (χ4v) is 3.31. The highest BCUT2D eigenvalue weighted by Gasteiger charge is 2.19. The Kier molecular flexibility index (Phi) is 6.67. The molecule has 1 aliphatic heterocycles. The number of hydrogen-bond donors (Lipinski definition) is 2. The molecule has 138 valence electrons. The quantitative estimate of drug-likeness (QED) is 0.804. The minimum absolute atomic E-state index is 0.0917. The van der Waals surface area contributed by atoms with E-state index in [1.807, 2.05) is 54.6 Å². The predicted molar refractivity (Wildman–Crippen MR) is 104 cm³/mol. The van der Waals surface area contributed by atoms with Crippen molar-refractivity contribution < 1.29 is 14.4 Å². The average Bonchev–Trinajstić information content (AvgIpc) is 2.68. The summed E-state index contributed by atoms with van der Waals surface area (Å²) in [6.45, 7) is 6.18. The Labute approximate surface area is 156 Å². The van der Waals surface area contributed by atoms with Gasteiger partial charge in [0.15, 0.2) is 0 Å². The van der Waals surface area contributed by atoms with Gasteiger partial charge in [-0.1, -0.05) is 37.3 Å². The molecule has 4 heteroatoms. The fourth-order valence-electron chi connectivity index (χ4n) is 3.31. The molecule has 4 nitrogen and oxygen atoms in total. The van der Waals surface area contributed by atoms with Crippen molar-refractivity contribution in [2.75, 3.05) is 25.0 Å². The van der Waals surface area contributed by atoms with E-state index >= 15 is 0 Å². The van der Waals surface area contributed by atoms with E-state index in [4.69, 9.17) is 4.74 Å². The second kappa shape index (κ2) is 9.39. The van der Waals surface area contributed by atoms with Gasteiger partial charge >= 0.3 is 0 Å². The van der Waals surface area contributed by atoms with Crippen molar-refractivity contribution in [3.05, 3.63) is 60.2 Å². The van der Waals surface area contributed by atoms with Gasteiger partial charge in [0.05, 0.1) is 26.1 Å². The third-order valence-electron chi connectivity index (χ3n) is 5.07. The molecular weight excluding hydrogens is 324 g/mol. The molecule has 0 aliphatic carbocycles. The minimum Gasteiger partial charge on any atom is -0.489 e. The Morgan fingerprint density at radius 2 is 1.77 bits per heavy atom. The summed E-state index contributed by atoms with van der Waals surface area (Å²) >= 11 is 0. The lowest BCUT2D eigenvalue weighted by molar-refractivity contribution is -0.905. The van der Waals surface area contributed by atoms with Crippen molar-refractivity contribution in [1.29, 1.82) is 0 Å². The Hall–Kier alpha value is -2.33. The smallest absolute Gasteiger partial charge is 0.230 e. The molecule has 0 spiro atoms. The molecule has 0 bridgehead atoms. The van der Waals surface area contributed by atoms with Gasteiger partial charge in [0.1, 0.15) is 12.4 Å². The maximum absolute atomic E-state index is 12.2. The summed E-state index contributed by atoms with van der Waals surface area (Å²) in [4.78, 5) is 13.7. The molecule has 1 heterocycles. The Morgan fingerprint density at radius 1 is 1.08 bits per heavy atom. The van der Waals surface area contributed by atoms with Crippen molar-refractivity contribution in [3.8, 4) is 5.75 Å². The number of benzene rings is 2. The Morgan fingerprint density at radius 3 is 2.46 bits per heavy atom. The number of ether oxygens (including phenoxy) is 1. The normalized spacial score (nSPS) is 19.7. The summed E-state index contributed by atoms with van der Waals surface area (Å²) < 4.78 is 5.77. The molecule has 3 rings (SSSR count). The highest BCUT2D eigenvalue weighted by atomic mass is 16.5. The van der Waals surface area contributed by atoms with E-state index in [9.17, 15) is 4.79 Å². The van der Waals surface area contributed by atoms with E-state index in [1.54, 1.807) is 4.90 Å². The summed E-state index contributed by atoms with van der Waals surface area (Å²) in [5, 5.41) is 2.98. The van der Waals surface area contributed by atoms with Gasteiger partial charge in [-0.3, -0.25) is 4.79 Å². The number of rotatable bonds is 7. The van der Waals surface area contributed by atoms with E-state index in [1.165, 1.54) is 25.9 Å². The van der Waals surface area contributed by atoms with Crippen LogP contribution in [0.15, 0.2) is 54.6 Å². The van der Waals surface area contributed by atoms with Crippen LogP contribution in [0.25, 0.3) is 0 Å². The van der Waals surface area contributed by atoms with Crippen molar-refractivity contribution >= 4 is 11.6 Å². The summed E-state index contributed by atoms with van der Waals surface area (Å²) in [7, 11) is 0. The molecule has 0 radical (unpaired) electrons. The molecule has 2 N–H and O–H groups in total. The van der Waals surface area contributed by atoms with Crippen molar-refractivity contribution in [3.63, 3.8) is 0 Å². The van der Waals surface area contributed by atoms with Crippen LogP contribution in [0.2, 0.25) is 0 Å². The van der Waals surface area contributed by atoms with Gasteiger partial charge in [0.2, 0.25) is 5.91 Å². The molecule has 0 unspecified atom stereocenters. The largest absolute Gasteiger partial charge is 0.489 e. The lowest BCUT2D eigenvalue weighted by Crippen LogP contribution is -3.13. The SMILES string of the molecule is CC1CC[NH+](CCC(=O)Nc2ccc(OCc3ccccc3)cc2)CC1. The summed E-state index contributed by atoms with van der Waals surface area (Å²) in [6.07, 6.45) is 3.14. The molecular formula is C22H29N2O2+. The lowest BCUT2D eigenvalue weighted by Gasteiger charge is -2.27. The van der Waals surface area contributed by atoms with E-state index in [2.05, 4.69) is 12.2 Å². The number of hydrogen-bond acceptors (Lipinski definition) is 2. The third-order valence-corrected chi connectivity index (χ3v) is 5.07. The molecule has 1 fully saturated rings. The van der Waals surface area contributed by atoms with Gasteiger partial charge in [0.25, 0.3) is 0 Å². The maximum atomic E-state index is 12.2. The highest BCUT2D eigenvalue weighted by Crippen LogP contribution is 2.17. The van der Waals surface area contributed by atoms with Crippen molar-refractivity contribution in [2.24, 2.45) is 5.92 Å². The first-order valence-corrected chi connectivity index (χ1v) is 9.59. The second-order valence-electron chi connectivity index (χ2n) is 7.28. The van der Waals surface area contributed by atoms with E-state index < -0.39 is 0 Å². The highest BCUT2D eigenvalue weighted by molar-refractivity contribution is 5.90. The van der Waals surface area contributed by atoms with E-state index in [0.717, 1.165) is 29.5 Å². The van der Waals surface area contributed by atoms with Crippen LogP contribution in [0, 0.1) is 5.92 Å². The minimum atomic E-state index is 0.0917. The van der Waals surface area contributed by atoms with Crippen LogP contribution in [0.1, 0.15) is 31.7 Å². The van der Waals surface area contributed by atoms with Crippen LogP contribution in [0.4, 0.5) is 5.69 Å². The standard InChI is InChI=1S/C22H28N2O2/c1-18-11-14-24(15-12-18)16-13-22(25)23-20-7-9-21(10-8-20)26-17-19-5-3-2-4-6-19/h2-10,18H,11-17H2,1H3,(H,23,25)/p+1. The molecule has 1 amide bonds. The third kappa shape index (κ3) is 5.88. The predicted octanol–water partition coefficient (Wildman–Crippen LogP) is 2.91. The van der Waals surface area contributed by atoms with Crippen LogP contribution in [-0.4, -0.2) is 25.5 Å². The maximum Gasteiger partial charge on any atom is 0.230 e. The summed E-state index contributed by atoms with van der Waals surface area (Å²) in [5.74, 6) is 1.74. The zero-order valence-corrected chi connectivity index (χ0v) is 15.5. The van der Waals surface area contributed by atoms with Crippen molar-refractivity contribution in [2.45, 2.75) is 32.8 Å². The van der Waals surface area contributed by atoms with E-state index in [0.29, 0.717) is 13.0 Å². The monoisotopic (exact) mass is 353 g/mol. The first-order valence-electron chi connectivity index (χ1n) is 9.59. The lowest BCUT2D eigenvalue weighted by atomic mass is 9.99. The van der Waals surface area contributed by atoms with E-state index in [-0.39, 0.29) is 5.91 Å². The molecule has 2 aromatic carbocycles. The molecule has 26 heavy (non-hydrogen) atoms. The number of quaternary nitrogens is 1. The fraction of sp³-hybridized carbons (Fsp3) is 0.409. The summed E-state index contributed by atoms with van der Waals surface area (Å²) in [6, 6.07) is 17.7. The molecule has 2 aromatic rings. The molecule has 0 saturated carbocycles. The Balaban J connectivity index is 1.40. The number of carbonyl (C=O) groups excluding carboxylic acids is 1. The molecule has 0 atom stereocenters. The van der Waals surface area contributed by atoms with Crippen LogP contribution in [-0.2, 0) is 11.4 Å². The topological polar surface area (TPSA) is 42.8 Å². The van der Waals surface area contributed by atoms with Gasteiger partial charge in [0, 0.05) is 5.69 Å². The summed E-state index contributed by atoms with van der Waals surface area (Å²) in [5.41, 5.74) is 1.96. The number of likely N-dealkylation sites (tertiary alicyclic amines) is 1. The van der Waals surface area contributed by atoms with Gasteiger partial charge < -0.3 is 15.0 Å². The first-order chi connectivity index (χ1) is 12.7. The van der Waals surface area contributed by atoms with Gasteiger partial charge in [-0.25, -0.2) is 0 Å². The van der Waals surface area contributed by atoms with Gasteiger partial charge in [-0.2, -0.15) is 0 Å². The van der Waals surface area contributed by atoms with Crippen LogP contribution < -0.4 is 15.0 Å². The number of carbonyl (C=O) groups is 1. The molecule has 1 saturated heterocycles. The van der Waals surface area contributed by atoms with Crippen LogP contribution >= 0.6 is 0 Å². The van der Waals surface area contributed by atoms with Gasteiger partial charge in [-0.05, 0) is 48.6 Å². The Bertz CT molecular complexity index is 677. The van der Waals surface area contributed by atoms with Crippen molar-refractivity contribution in [1.82, 2.24) is 0 Å². The first kappa shape index (κ1) is 18.5. The molecule has 0 aromatic heterocycles. The second-order valence-corrected chi connectivity index (χ2v) is 7.28. The van der Waals surface area contributed by atoms with Crippen LogP contribution in [0.3, 0.4) is 0 Å². The van der Waals surface area contributed by atoms with Gasteiger partial charge in [-0.15, -0.1) is 0 Å². The molecule has 1 aliphatic rings. The zero-order valence-electron chi connectivity index (χ0n) is 15.5. The average molecular weight is 353 g/mol. The number of amides is 1. The van der Waals surface area contributed by atoms with Crippen LogP contribution in [0.5, 0.6) is 5.75 Å².